The van der Waals surface area contributed by atoms with Gasteiger partial charge in [-0.1, -0.05) is 13.8 Å². The van der Waals surface area contributed by atoms with E-state index in [1.807, 2.05) is 27.7 Å². The van der Waals surface area contributed by atoms with Crippen LogP contribution < -0.4 is 5.32 Å². The van der Waals surface area contributed by atoms with Gasteiger partial charge in [-0.2, -0.15) is 0 Å². The van der Waals surface area contributed by atoms with Crippen LogP contribution in [-0.4, -0.2) is 40.3 Å². The minimum atomic E-state index is -0.580. The number of rotatable bonds is 6. The van der Waals surface area contributed by atoms with Gasteiger partial charge in [0, 0.05) is 25.7 Å². The summed E-state index contributed by atoms with van der Waals surface area (Å²) in [5.41, 5.74) is -0.217. The summed E-state index contributed by atoms with van der Waals surface area (Å²) < 4.78 is 0. The Labute approximate surface area is 124 Å². The Bertz CT molecular complexity index is 531. The van der Waals surface area contributed by atoms with Gasteiger partial charge in [0.25, 0.3) is 11.6 Å². The molecule has 0 radical (unpaired) electrons. The molecule has 1 rings (SSSR count). The molecule has 0 aromatic carbocycles. The third-order valence-corrected chi connectivity index (χ3v) is 3.56. The first kappa shape index (κ1) is 16.9. The lowest BCUT2D eigenvalue weighted by Crippen LogP contribution is -2.38. The van der Waals surface area contributed by atoms with Crippen molar-refractivity contribution in [1.29, 1.82) is 0 Å². The molecule has 0 spiro atoms. The number of hydrogen-bond acceptors (Lipinski definition) is 5. The summed E-state index contributed by atoms with van der Waals surface area (Å²) in [6, 6.07) is 1.42. The molecule has 1 atom stereocenters. The minimum absolute atomic E-state index is 0.0205. The van der Waals surface area contributed by atoms with E-state index in [0.29, 0.717) is 12.4 Å². The summed E-state index contributed by atoms with van der Waals surface area (Å²) in [4.78, 5) is 28.5. The summed E-state index contributed by atoms with van der Waals surface area (Å²) in [6.45, 7) is 8.42. The second kappa shape index (κ2) is 7.01. The van der Waals surface area contributed by atoms with Gasteiger partial charge in [0.15, 0.2) is 0 Å². The van der Waals surface area contributed by atoms with Gasteiger partial charge >= 0.3 is 0 Å². The maximum atomic E-state index is 12.5. The summed E-state index contributed by atoms with van der Waals surface area (Å²) in [5.74, 6) is 0.342. The maximum absolute atomic E-state index is 12.5. The summed E-state index contributed by atoms with van der Waals surface area (Å²) >= 11 is 0. The zero-order valence-corrected chi connectivity index (χ0v) is 13.1. The van der Waals surface area contributed by atoms with Gasteiger partial charge in [-0.05, 0) is 19.8 Å². The zero-order valence-electron chi connectivity index (χ0n) is 13.1. The molecule has 116 valence electrons. The highest BCUT2D eigenvalue weighted by atomic mass is 16.6. The van der Waals surface area contributed by atoms with Crippen molar-refractivity contribution in [3.63, 3.8) is 0 Å². The summed E-state index contributed by atoms with van der Waals surface area (Å²) in [5, 5.41) is 14.1. The Balaban J connectivity index is 3.21. The highest BCUT2D eigenvalue weighted by Gasteiger charge is 2.27. The fraction of sp³-hybridized carbons (Fsp3) is 0.571. The standard InChI is InChI=1S/C14H22N4O3/c1-6-15-13-7-11(12(8-16-13)18(20)21)14(19)17(5)10(4)9(2)3/h7-10H,6H2,1-5H3,(H,15,16). The summed E-state index contributed by atoms with van der Waals surface area (Å²) in [6.07, 6.45) is 1.12. The number of anilines is 1. The smallest absolute Gasteiger partial charge is 0.300 e. The van der Waals surface area contributed by atoms with Crippen LogP contribution in [0.25, 0.3) is 0 Å². The lowest BCUT2D eigenvalue weighted by atomic mass is 10.0. The Kier molecular flexibility index (Phi) is 5.63. The van der Waals surface area contributed by atoms with Crippen molar-refractivity contribution in [2.45, 2.75) is 33.7 Å². The Morgan fingerprint density at radius 1 is 1.48 bits per heavy atom. The second-order valence-corrected chi connectivity index (χ2v) is 5.27. The average Bonchev–Trinajstić information content (AvgIpc) is 2.44. The molecule has 0 fully saturated rings. The molecule has 0 aliphatic rings. The molecule has 0 saturated carbocycles. The van der Waals surface area contributed by atoms with Crippen LogP contribution in [0.5, 0.6) is 0 Å². The van der Waals surface area contributed by atoms with E-state index in [1.54, 1.807) is 7.05 Å². The molecule has 1 aromatic heterocycles. The summed E-state index contributed by atoms with van der Waals surface area (Å²) in [7, 11) is 1.66. The van der Waals surface area contributed by atoms with Crippen molar-refractivity contribution in [3.05, 3.63) is 27.9 Å². The number of amides is 1. The second-order valence-electron chi connectivity index (χ2n) is 5.27. The van der Waals surface area contributed by atoms with Gasteiger partial charge in [-0.25, -0.2) is 4.98 Å². The van der Waals surface area contributed by atoms with Gasteiger partial charge in [0.05, 0.1) is 4.92 Å². The molecule has 1 amide bonds. The molecule has 1 N–H and O–H groups in total. The predicted molar refractivity (Wildman–Crippen MR) is 81.4 cm³/mol. The van der Waals surface area contributed by atoms with Gasteiger partial charge in [-0.3, -0.25) is 14.9 Å². The number of pyridine rings is 1. The van der Waals surface area contributed by atoms with Gasteiger partial charge in [0.2, 0.25) is 0 Å². The first-order valence-corrected chi connectivity index (χ1v) is 6.95. The van der Waals surface area contributed by atoms with Crippen LogP contribution in [0.1, 0.15) is 38.1 Å². The van der Waals surface area contributed by atoms with Gasteiger partial charge in [0.1, 0.15) is 17.6 Å². The van der Waals surface area contributed by atoms with Gasteiger partial charge < -0.3 is 10.2 Å². The molecule has 7 nitrogen and oxygen atoms in total. The molecule has 0 aliphatic carbocycles. The number of carbonyl (C=O) groups excluding carboxylic acids is 1. The Morgan fingerprint density at radius 2 is 2.10 bits per heavy atom. The van der Waals surface area contributed by atoms with Crippen molar-refractivity contribution in [2.75, 3.05) is 18.9 Å². The largest absolute Gasteiger partial charge is 0.370 e. The molecule has 21 heavy (non-hydrogen) atoms. The maximum Gasteiger partial charge on any atom is 0.300 e. The van der Waals surface area contributed by atoms with E-state index < -0.39 is 4.92 Å². The Morgan fingerprint density at radius 3 is 2.57 bits per heavy atom. The predicted octanol–water partition coefficient (Wildman–Crippen LogP) is 2.54. The van der Waals surface area contributed by atoms with Gasteiger partial charge in [-0.15, -0.1) is 0 Å². The lowest BCUT2D eigenvalue weighted by Gasteiger charge is -2.28. The molecular formula is C14H22N4O3. The third kappa shape index (κ3) is 3.90. The topological polar surface area (TPSA) is 88.4 Å². The van der Waals surface area contributed by atoms with Crippen molar-refractivity contribution in [2.24, 2.45) is 5.92 Å². The number of nitrogens with zero attached hydrogens (tertiary/aromatic N) is 3. The number of carbonyl (C=O) groups is 1. The van der Waals surface area contributed by atoms with Crippen LogP contribution in [0.4, 0.5) is 11.5 Å². The van der Waals surface area contributed by atoms with Crippen LogP contribution in [0, 0.1) is 16.0 Å². The fourth-order valence-corrected chi connectivity index (χ4v) is 1.86. The molecule has 1 aromatic rings. The third-order valence-electron chi connectivity index (χ3n) is 3.56. The van der Waals surface area contributed by atoms with Crippen molar-refractivity contribution in [3.8, 4) is 0 Å². The lowest BCUT2D eigenvalue weighted by molar-refractivity contribution is -0.385. The normalized spacial score (nSPS) is 12.1. The fourth-order valence-electron chi connectivity index (χ4n) is 1.86. The molecule has 0 aliphatic heterocycles. The number of aromatic nitrogens is 1. The Hall–Kier alpha value is -2.18. The van der Waals surface area contributed by atoms with E-state index in [2.05, 4.69) is 10.3 Å². The monoisotopic (exact) mass is 294 g/mol. The van der Waals surface area contributed by atoms with Crippen LogP contribution in [0.15, 0.2) is 12.3 Å². The quantitative estimate of drug-likeness (QED) is 0.643. The first-order valence-electron chi connectivity index (χ1n) is 6.95. The first-order chi connectivity index (χ1) is 9.79. The van der Waals surface area contributed by atoms with Crippen LogP contribution >= 0.6 is 0 Å². The molecule has 0 saturated heterocycles. The SMILES string of the molecule is CCNc1cc(C(=O)N(C)C(C)C(C)C)c([N+](=O)[O-])cn1. The van der Waals surface area contributed by atoms with E-state index in [-0.39, 0.29) is 29.1 Å². The molecule has 1 unspecified atom stereocenters. The molecule has 0 bridgehead atoms. The van der Waals surface area contributed by atoms with Crippen molar-refractivity contribution in [1.82, 2.24) is 9.88 Å². The van der Waals surface area contributed by atoms with Crippen LogP contribution in [-0.2, 0) is 0 Å². The van der Waals surface area contributed by atoms with E-state index in [9.17, 15) is 14.9 Å². The molecule has 7 heteroatoms. The van der Waals surface area contributed by atoms with E-state index in [4.69, 9.17) is 0 Å². The van der Waals surface area contributed by atoms with E-state index in [0.717, 1.165) is 6.20 Å². The van der Waals surface area contributed by atoms with Crippen molar-refractivity contribution >= 4 is 17.4 Å². The van der Waals surface area contributed by atoms with E-state index in [1.165, 1.54) is 11.0 Å². The van der Waals surface area contributed by atoms with Crippen LogP contribution in [0.2, 0.25) is 0 Å². The molecule has 1 heterocycles. The van der Waals surface area contributed by atoms with E-state index >= 15 is 0 Å². The average molecular weight is 294 g/mol. The number of nitrogens with one attached hydrogen (secondary N) is 1. The number of nitro groups is 1. The molecular weight excluding hydrogens is 272 g/mol. The van der Waals surface area contributed by atoms with Crippen molar-refractivity contribution < 1.29 is 9.72 Å². The highest BCUT2D eigenvalue weighted by Crippen LogP contribution is 2.23. The zero-order chi connectivity index (χ0) is 16.2. The van der Waals surface area contributed by atoms with Crippen LogP contribution in [0.3, 0.4) is 0 Å². The highest BCUT2D eigenvalue weighted by molar-refractivity contribution is 5.98. The minimum Gasteiger partial charge on any atom is -0.370 e. The number of hydrogen-bond donors (Lipinski definition) is 1.